The van der Waals surface area contributed by atoms with E-state index in [4.69, 9.17) is 16.3 Å². The summed E-state index contributed by atoms with van der Waals surface area (Å²) in [6.45, 7) is 6.17. The minimum Gasteiger partial charge on any atom is -0.495 e. The van der Waals surface area contributed by atoms with Crippen LogP contribution in [0, 0.1) is 6.92 Å². The summed E-state index contributed by atoms with van der Waals surface area (Å²) in [5, 5.41) is 5.17. The lowest BCUT2D eigenvalue weighted by molar-refractivity contribution is 0.416. The minimum absolute atomic E-state index is 0.727. The molecule has 1 heterocycles. The van der Waals surface area contributed by atoms with Gasteiger partial charge in [-0.05, 0) is 61.7 Å². The fraction of sp³-hybridized carbons (Fsp3) is 0.190. The van der Waals surface area contributed by atoms with Crippen LogP contribution in [0.5, 0.6) is 5.75 Å². The second kappa shape index (κ2) is 7.58. The molecule has 0 fully saturated rings. The Hall–Kier alpha value is -2.52. The molecule has 128 valence electrons. The zero-order chi connectivity index (χ0) is 17.8. The zero-order valence-corrected chi connectivity index (χ0v) is 15.2. The third-order valence-corrected chi connectivity index (χ3v) is 4.33. The van der Waals surface area contributed by atoms with E-state index in [1.54, 1.807) is 7.11 Å². The van der Waals surface area contributed by atoms with Crippen molar-refractivity contribution >= 4 is 28.2 Å². The average Bonchev–Trinajstić information content (AvgIpc) is 2.60. The number of benzene rings is 2. The third kappa shape index (κ3) is 4.12. The van der Waals surface area contributed by atoms with Crippen LogP contribution in [0.15, 0.2) is 60.8 Å². The third-order valence-electron chi connectivity index (χ3n) is 4.10. The SMILES string of the molecule is C=C(CCc1cc(C)nc2ccc(Cl)cc12)Nc1ccccc1OC. The van der Waals surface area contributed by atoms with Gasteiger partial charge in [-0.15, -0.1) is 0 Å². The van der Waals surface area contributed by atoms with Crippen molar-refractivity contribution in [2.45, 2.75) is 19.8 Å². The predicted molar refractivity (Wildman–Crippen MR) is 106 cm³/mol. The molecule has 0 aliphatic carbocycles. The molecule has 0 aliphatic rings. The first-order valence-electron chi connectivity index (χ1n) is 8.20. The Morgan fingerprint density at radius 3 is 2.80 bits per heavy atom. The minimum atomic E-state index is 0.727. The molecule has 0 saturated carbocycles. The predicted octanol–water partition coefficient (Wildman–Crippen LogP) is 5.76. The molecule has 3 nitrogen and oxygen atoms in total. The van der Waals surface area contributed by atoms with E-state index in [1.807, 2.05) is 49.4 Å². The Morgan fingerprint density at radius 1 is 1.20 bits per heavy atom. The molecule has 0 radical (unpaired) electrons. The maximum Gasteiger partial charge on any atom is 0.142 e. The molecule has 0 saturated heterocycles. The fourth-order valence-electron chi connectivity index (χ4n) is 2.91. The van der Waals surface area contributed by atoms with Crippen molar-refractivity contribution in [1.29, 1.82) is 0 Å². The summed E-state index contributed by atoms with van der Waals surface area (Å²) in [5.41, 5.74) is 5.08. The standard InChI is InChI=1S/C21H21ClN2O/c1-14(23-20-6-4-5-7-21(20)25-3)8-9-16-12-15(2)24-19-11-10-17(22)13-18(16)19/h4-7,10-13,23H,1,8-9H2,2-3H3. The van der Waals surface area contributed by atoms with Gasteiger partial charge in [0.05, 0.1) is 18.3 Å². The van der Waals surface area contributed by atoms with Crippen LogP contribution in [-0.2, 0) is 6.42 Å². The number of nitrogens with one attached hydrogen (secondary N) is 1. The lowest BCUT2D eigenvalue weighted by Gasteiger charge is -2.14. The Bertz CT molecular complexity index is 921. The molecule has 0 bridgehead atoms. The number of nitrogens with zero attached hydrogens (tertiary/aromatic N) is 1. The molecule has 0 spiro atoms. The summed E-state index contributed by atoms with van der Waals surface area (Å²) in [4.78, 5) is 4.58. The van der Waals surface area contributed by atoms with Gasteiger partial charge >= 0.3 is 0 Å². The van der Waals surface area contributed by atoms with E-state index in [0.717, 1.165) is 51.6 Å². The van der Waals surface area contributed by atoms with Crippen LogP contribution in [0.2, 0.25) is 5.02 Å². The number of allylic oxidation sites excluding steroid dienone is 1. The van der Waals surface area contributed by atoms with Gasteiger partial charge in [0, 0.05) is 21.8 Å². The fourth-order valence-corrected chi connectivity index (χ4v) is 3.08. The topological polar surface area (TPSA) is 34.2 Å². The maximum absolute atomic E-state index is 6.16. The van der Waals surface area contributed by atoms with Crippen LogP contribution in [-0.4, -0.2) is 12.1 Å². The first-order valence-corrected chi connectivity index (χ1v) is 8.58. The van der Waals surface area contributed by atoms with Crippen molar-refractivity contribution in [3.63, 3.8) is 0 Å². The van der Waals surface area contributed by atoms with Gasteiger partial charge in [0.2, 0.25) is 0 Å². The molecule has 3 aromatic rings. The van der Waals surface area contributed by atoms with Crippen LogP contribution >= 0.6 is 11.6 Å². The van der Waals surface area contributed by atoms with Crippen molar-refractivity contribution in [3.05, 3.63) is 77.1 Å². The molecular weight excluding hydrogens is 332 g/mol. The lowest BCUT2D eigenvalue weighted by Crippen LogP contribution is -2.02. The number of fused-ring (bicyclic) bond motifs is 1. The molecule has 0 unspecified atom stereocenters. The van der Waals surface area contributed by atoms with Crippen molar-refractivity contribution < 1.29 is 4.74 Å². The van der Waals surface area contributed by atoms with Gasteiger partial charge in [-0.1, -0.05) is 30.3 Å². The molecular formula is C21H21ClN2O. The monoisotopic (exact) mass is 352 g/mol. The first-order chi connectivity index (χ1) is 12.1. The van der Waals surface area contributed by atoms with E-state index in [1.165, 1.54) is 5.56 Å². The Labute approximate surface area is 153 Å². The molecule has 0 amide bonds. The summed E-state index contributed by atoms with van der Waals surface area (Å²) in [6, 6.07) is 15.8. The van der Waals surface area contributed by atoms with E-state index >= 15 is 0 Å². The van der Waals surface area contributed by atoms with Crippen LogP contribution in [0.4, 0.5) is 5.69 Å². The molecule has 0 aliphatic heterocycles. The highest BCUT2D eigenvalue weighted by atomic mass is 35.5. The average molecular weight is 353 g/mol. The maximum atomic E-state index is 6.16. The van der Waals surface area contributed by atoms with Gasteiger partial charge in [0.1, 0.15) is 5.75 Å². The molecule has 1 aromatic heterocycles. The summed E-state index contributed by atoms with van der Waals surface area (Å²) < 4.78 is 5.37. The largest absolute Gasteiger partial charge is 0.495 e. The highest BCUT2D eigenvalue weighted by Crippen LogP contribution is 2.27. The van der Waals surface area contributed by atoms with Gasteiger partial charge in [-0.25, -0.2) is 0 Å². The van der Waals surface area contributed by atoms with Crippen molar-refractivity contribution in [1.82, 2.24) is 4.98 Å². The Morgan fingerprint density at radius 2 is 2.00 bits per heavy atom. The molecule has 1 N–H and O–H groups in total. The number of methoxy groups -OCH3 is 1. The van der Waals surface area contributed by atoms with Crippen molar-refractivity contribution in [3.8, 4) is 5.75 Å². The number of anilines is 1. The summed E-state index contributed by atoms with van der Waals surface area (Å²) in [6.07, 6.45) is 1.67. The summed E-state index contributed by atoms with van der Waals surface area (Å²) in [7, 11) is 1.67. The smallest absolute Gasteiger partial charge is 0.142 e. The van der Waals surface area contributed by atoms with E-state index in [-0.39, 0.29) is 0 Å². The number of para-hydroxylation sites is 2. The number of ether oxygens (including phenoxy) is 1. The van der Waals surface area contributed by atoms with Crippen LogP contribution in [0.1, 0.15) is 17.7 Å². The number of rotatable bonds is 6. The van der Waals surface area contributed by atoms with Gasteiger partial charge < -0.3 is 10.1 Å². The van der Waals surface area contributed by atoms with E-state index in [2.05, 4.69) is 22.9 Å². The van der Waals surface area contributed by atoms with Crippen LogP contribution in [0.25, 0.3) is 10.9 Å². The molecule has 25 heavy (non-hydrogen) atoms. The second-order valence-corrected chi connectivity index (χ2v) is 6.45. The normalized spacial score (nSPS) is 10.7. The van der Waals surface area contributed by atoms with Crippen molar-refractivity contribution in [2.24, 2.45) is 0 Å². The number of aromatic nitrogens is 1. The van der Waals surface area contributed by atoms with Crippen molar-refractivity contribution in [2.75, 3.05) is 12.4 Å². The summed E-state index contributed by atoms with van der Waals surface area (Å²) >= 11 is 6.16. The quantitative estimate of drug-likeness (QED) is 0.612. The second-order valence-electron chi connectivity index (χ2n) is 6.01. The lowest BCUT2D eigenvalue weighted by atomic mass is 10.0. The van der Waals surface area contributed by atoms with E-state index < -0.39 is 0 Å². The Balaban J connectivity index is 1.76. The van der Waals surface area contributed by atoms with Gasteiger partial charge in [0.15, 0.2) is 0 Å². The molecule has 3 rings (SSSR count). The number of halogens is 1. The van der Waals surface area contributed by atoms with Crippen LogP contribution in [0.3, 0.4) is 0 Å². The van der Waals surface area contributed by atoms with Gasteiger partial charge in [0.25, 0.3) is 0 Å². The molecule has 2 aromatic carbocycles. The first kappa shape index (κ1) is 17.3. The highest BCUT2D eigenvalue weighted by Gasteiger charge is 2.07. The van der Waals surface area contributed by atoms with E-state index in [0.29, 0.717) is 0 Å². The number of hydrogen-bond acceptors (Lipinski definition) is 3. The number of hydrogen-bond donors (Lipinski definition) is 1. The zero-order valence-electron chi connectivity index (χ0n) is 14.5. The number of pyridine rings is 1. The molecule has 0 atom stereocenters. The van der Waals surface area contributed by atoms with E-state index in [9.17, 15) is 0 Å². The number of aryl methyl sites for hydroxylation is 2. The summed E-state index contributed by atoms with van der Waals surface area (Å²) in [5.74, 6) is 0.806. The highest BCUT2D eigenvalue weighted by molar-refractivity contribution is 6.31. The Kier molecular flexibility index (Phi) is 5.25. The van der Waals surface area contributed by atoms with Crippen LogP contribution < -0.4 is 10.1 Å². The van der Waals surface area contributed by atoms with Gasteiger partial charge in [-0.2, -0.15) is 0 Å². The molecule has 4 heteroatoms. The van der Waals surface area contributed by atoms with Gasteiger partial charge in [-0.3, -0.25) is 4.98 Å².